The van der Waals surface area contributed by atoms with E-state index in [1.165, 1.54) is 18.2 Å². The Labute approximate surface area is 131 Å². The number of nitrogens with zero attached hydrogens (tertiary/aromatic N) is 1. The van der Waals surface area contributed by atoms with Gasteiger partial charge >= 0.3 is 12.0 Å². The van der Waals surface area contributed by atoms with Gasteiger partial charge in [0.1, 0.15) is 5.70 Å². The highest BCUT2D eigenvalue weighted by molar-refractivity contribution is 6.28. The van der Waals surface area contributed by atoms with E-state index < -0.39 is 17.9 Å². The number of amides is 3. The molecule has 2 N–H and O–H groups in total. The van der Waals surface area contributed by atoms with Crippen molar-refractivity contribution in [3.05, 3.63) is 71.4 Å². The molecule has 1 aliphatic heterocycles. The van der Waals surface area contributed by atoms with E-state index in [0.717, 1.165) is 4.90 Å². The fourth-order valence-electron chi connectivity index (χ4n) is 2.24. The van der Waals surface area contributed by atoms with Crippen molar-refractivity contribution in [1.82, 2.24) is 5.32 Å². The van der Waals surface area contributed by atoms with E-state index in [1.807, 2.05) is 0 Å². The molecule has 0 radical (unpaired) electrons. The summed E-state index contributed by atoms with van der Waals surface area (Å²) in [5.74, 6) is -1.48. The molecule has 1 saturated heterocycles. The molecule has 6 nitrogen and oxygen atoms in total. The Morgan fingerprint density at radius 2 is 1.65 bits per heavy atom. The summed E-state index contributed by atoms with van der Waals surface area (Å²) in [6.07, 6.45) is 1.51. The first-order valence-corrected chi connectivity index (χ1v) is 6.82. The minimum atomic E-state index is -1.02. The number of urea groups is 1. The van der Waals surface area contributed by atoms with Crippen LogP contribution in [-0.2, 0) is 4.79 Å². The first-order valence-electron chi connectivity index (χ1n) is 6.82. The quantitative estimate of drug-likeness (QED) is 0.673. The number of carbonyl (C=O) groups excluding carboxylic acids is 2. The first-order chi connectivity index (χ1) is 11.1. The normalized spacial score (nSPS) is 15.8. The van der Waals surface area contributed by atoms with Crippen molar-refractivity contribution in [3.8, 4) is 0 Å². The molecule has 3 amide bonds. The molecular formula is C17H12N2O4. The lowest BCUT2D eigenvalue weighted by Crippen LogP contribution is -2.30. The lowest BCUT2D eigenvalue weighted by atomic mass is 10.1. The van der Waals surface area contributed by atoms with Crippen LogP contribution in [0, 0.1) is 0 Å². The van der Waals surface area contributed by atoms with Crippen LogP contribution in [0.1, 0.15) is 15.9 Å². The molecule has 6 heteroatoms. The number of carbonyl (C=O) groups is 3. The SMILES string of the molecule is O=C(O)c1ccc(C=C2NC(=O)N(c3ccccc3)C2=O)cc1. The van der Waals surface area contributed by atoms with Crippen molar-refractivity contribution in [1.29, 1.82) is 0 Å². The number of carboxylic acid groups (broad SMARTS) is 1. The molecule has 1 heterocycles. The lowest BCUT2D eigenvalue weighted by molar-refractivity contribution is -0.113. The molecule has 0 spiro atoms. The number of carboxylic acids is 1. The molecule has 0 bridgehead atoms. The van der Waals surface area contributed by atoms with E-state index in [0.29, 0.717) is 11.3 Å². The molecule has 1 fully saturated rings. The highest BCUT2D eigenvalue weighted by Crippen LogP contribution is 2.21. The smallest absolute Gasteiger partial charge is 0.335 e. The molecule has 1 aliphatic rings. The van der Waals surface area contributed by atoms with E-state index in [2.05, 4.69) is 5.32 Å². The molecule has 114 valence electrons. The van der Waals surface area contributed by atoms with Gasteiger partial charge in [-0.3, -0.25) is 4.79 Å². The summed E-state index contributed by atoms with van der Waals surface area (Å²) in [6.45, 7) is 0. The van der Waals surface area contributed by atoms with Crippen LogP contribution in [-0.4, -0.2) is 23.0 Å². The molecule has 0 atom stereocenters. The summed E-state index contributed by atoms with van der Waals surface area (Å²) >= 11 is 0. The molecule has 0 saturated carbocycles. The summed E-state index contributed by atoms with van der Waals surface area (Å²) in [6, 6.07) is 14.1. The third-order valence-electron chi connectivity index (χ3n) is 3.36. The number of hydrogen-bond donors (Lipinski definition) is 2. The Kier molecular flexibility index (Phi) is 3.64. The second kappa shape index (κ2) is 5.76. The van der Waals surface area contributed by atoms with Gasteiger partial charge in [0.2, 0.25) is 0 Å². The number of hydrogen-bond acceptors (Lipinski definition) is 3. The minimum absolute atomic E-state index is 0.141. The van der Waals surface area contributed by atoms with E-state index in [1.54, 1.807) is 42.5 Å². The Bertz CT molecular complexity index is 810. The van der Waals surface area contributed by atoms with Gasteiger partial charge in [-0.1, -0.05) is 30.3 Å². The molecule has 3 rings (SSSR count). The number of rotatable bonds is 3. The van der Waals surface area contributed by atoms with Crippen LogP contribution in [0.2, 0.25) is 0 Å². The Morgan fingerprint density at radius 3 is 2.26 bits per heavy atom. The van der Waals surface area contributed by atoms with E-state index >= 15 is 0 Å². The number of nitrogens with one attached hydrogen (secondary N) is 1. The van der Waals surface area contributed by atoms with Crippen molar-refractivity contribution in [3.63, 3.8) is 0 Å². The fourth-order valence-corrected chi connectivity index (χ4v) is 2.24. The van der Waals surface area contributed by atoms with Crippen molar-refractivity contribution < 1.29 is 19.5 Å². The summed E-state index contributed by atoms with van der Waals surface area (Å²) in [7, 11) is 0. The fraction of sp³-hybridized carbons (Fsp3) is 0. The monoisotopic (exact) mass is 308 g/mol. The Balaban J connectivity index is 1.88. The van der Waals surface area contributed by atoms with E-state index in [-0.39, 0.29) is 11.3 Å². The topological polar surface area (TPSA) is 86.7 Å². The third-order valence-corrected chi connectivity index (χ3v) is 3.36. The summed E-state index contributed by atoms with van der Waals surface area (Å²) in [5, 5.41) is 11.4. The van der Waals surface area contributed by atoms with Gasteiger partial charge < -0.3 is 10.4 Å². The van der Waals surface area contributed by atoms with Crippen LogP contribution in [0.5, 0.6) is 0 Å². The second-order valence-electron chi connectivity index (χ2n) is 4.89. The van der Waals surface area contributed by atoms with Crippen LogP contribution in [0.15, 0.2) is 60.3 Å². The first kappa shape index (κ1) is 14.5. The van der Waals surface area contributed by atoms with Gasteiger partial charge in [-0.2, -0.15) is 0 Å². The zero-order valence-electron chi connectivity index (χ0n) is 11.9. The van der Waals surface area contributed by atoms with Gasteiger partial charge in [-0.15, -0.1) is 0 Å². The maximum Gasteiger partial charge on any atom is 0.335 e. The summed E-state index contributed by atoms with van der Waals surface area (Å²) < 4.78 is 0. The number of benzene rings is 2. The van der Waals surface area contributed by atoms with Gasteiger partial charge in [0.15, 0.2) is 0 Å². The second-order valence-corrected chi connectivity index (χ2v) is 4.89. The summed E-state index contributed by atoms with van der Waals surface area (Å²) in [5.41, 5.74) is 1.40. The molecule has 2 aromatic rings. The van der Waals surface area contributed by atoms with Crippen molar-refractivity contribution >= 4 is 29.7 Å². The molecule has 0 unspecified atom stereocenters. The van der Waals surface area contributed by atoms with Gasteiger partial charge in [-0.25, -0.2) is 14.5 Å². The predicted molar refractivity (Wildman–Crippen MR) is 83.8 cm³/mol. The average Bonchev–Trinajstić information content (AvgIpc) is 2.82. The van der Waals surface area contributed by atoms with Crippen molar-refractivity contribution in [2.24, 2.45) is 0 Å². The minimum Gasteiger partial charge on any atom is -0.478 e. The van der Waals surface area contributed by atoms with Crippen LogP contribution in [0.25, 0.3) is 6.08 Å². The molecule has 0 aromatic heterocycles. The van der Waals surface area contributed by atoms with Crippen LogP contribution < -0.4 is 10.2 Å². The van der Waals surface area contributed by atoms with Gasteiger partial charge in [-0.05, 0) is 35.9 Å². The largest absolute Gasteiger partial charge is 0.478 e. The lowest BCUT2D eigenvalue weighted by Gasteiger charge is -2.10. The zero-order valence-corrected chi connectivity index (χ0v) is 11.9. The van der Waals surface area contributed by atoms with Crippen molar-refractivity contribution in [2.45, 2.75) is 0 Å². The van der Waals surface area contributed by atoms with Gasteiger partial charge in [0.25, 0.3) is 5.91 Å². The molecule has 2 aromatic carbocycles. The van der Waals surface area contributed by atoms with Crippen LogP contribution in [0.3, 0.4) is 0 Å². The molecule has 0 aliphatic carbocycles. The van der Waals surface area contributed by atoms with E-state index in [9.17, 15) is 14.4 Å². The maximum atomic E-state index is 12.4. The number of para-hydroxylation sites is 1. The third kappa shape index (κ3) is 2.82. The maximum absolute atomic E-state index is 12.4. The number of anilines is 1. The van der Waals surface area contributed by atoms with Gasteiger partial charge in [0, 0.05) is 0 Å². The molecular weight excluding hydrogens is 296 g/mol. The average molecular weight is 308 g/mol. The standard InChI is InChI=1S/C17H12N2O4/c20-15-14(10-11-6-8-12(9-7-11)16(21)22)18-17(23)19(15)13-4-2-1-3-5-13/h1-10H,(H,18,23)(H,21,22). The molecule has 23 heavy (non-hydrogen) atoms. The number of imide groups is 1. The summed E-state index contributed by atoms with van der Waals surface area (Å²) in [4.78, 5) is 36.3. The van der Waals surface area contributed by atoms with Crippen LogP contribution in [0.4, 0.5) is 10.5 Å². The Hall–Kier alpha value is -3.41. The predicted octanol–water partition coefficient (Wildman–Crippen LogP) is 2.48. The van der Waals surface area contributed by atoms with Crippen LogP contribution >= 0.6 is 0 Å². The highest BCUT2D eigenvalue weighted by atomic mass is 16.4. The Morgan fingerprint density at radius 1 is 1.00 bits per heavy atom. The van der Waals surface area contributed by atoms with Crippen molar-refractivity contribution in [2.75, 3.05) is 4.90 Å². The number of aromatic carboxylic acids is 1. The van der Waals surface area contributed by atoms with Gasteiger partial charge in [0.05, 0.1) is 11.3 Å². The zero-order chi connectivity index (χ0) is 16.4. The van der Waals surface area contributed by atoms with E-state index in [4.69, 9.17) is 5.11 Å². The highest BCUT2D eigenvalue weighted by Gasteiger charge is 2.34.